The minimum Gasteiger partial charge on any atom is -0.506 e. The first kappa shape index (κ1) is 7.06. The van der Waals surface area contributed by atoms with Gasteiger partial charge < -0.3 is 5.11 Å². The molecule has 0 bridgehead atoms. The van der Waals surface area contributed by atoms with Crippen molar-refractivity contribution < 1.29 is 5.11 Å². The third-order valence-corrected chi connectivity index (χ3v) is 1.74. The molecule has 0 saturated heterocycles. The molecule has 1 aromatic heterocycles. The Labute approximate surface area is 60.5 Å². The standard InChI is InChI=1S/C8H11NO/c1-5-4-9-7(3)8(10)6(5)2/h4,10H,1-3H3. The van der Waals surface area contributed by atoms with Crippen molar-refractivity contribution in [2.24, 2.45) is 0 Å². The largest absolute Gasteiger partial charge is 0.506 e. The Hall–Kier alpha value is -1.05. The second-order valence-corrected chi connectivity index (χ2v) is 2.50. The monoisotopic (exact) mass is 137 g/mol. The normalized spacial score (nSPS) is 9.90. The Morgan fingerprint density at radius 2 is 1.90 bits per heavy atom. The van der Waals surface area contributed by atoms with Gasteiger partial charge in [0.2, 0.25) is 0 Å². The van der Waals surface area contributed by atoms with Crippen LogP contribution in [0.5, 0.6) is 5.75 Å². The molecule has 2 nitrogen and oxygen atoms in total. The van der Waals surface area contributed by atoms with Crippen molar-refractivity contribution in [2.45, 2.75) is 20.8 Å². The van der Waals surface area contributed by atoms with Crippen LogP contribution in [0, 0.1) is 20.8 Å². The van der Waals surface area contributed by atoms with E-state index < -0.39 is 0 Å². The van der Waals surface area contributed by atoms with Gasteiger partial charge in [-0.3, -0.25) is 4.98 Å². The lowest BCUT2D eigenvalue weighted by Crippen LogP contribution is -1.88. The molecule has 10 heavy (non-hydrogen) atoms. The summed E-state index contributed by atoms with van der Waals surface area (Å²) in [5, 5.41) is 9.32. The van der Waals surface area contributed by atoms with Crippen molar-refractivity contribution in [3.05, 3.63) is 23.0 Å². The van der Waals surface area contributed by atoms with Crippen molar-refractivity contribution in [2.75, 3.05) is 0 Å². The van der Waals surface area contributed by atoms with Crippen LogP contribution < -0.4 is 0 Å². The van der Waals surface area contributed by atoms with Crippen LogP contribution in [0.3, 0.4) is 0 Å². The summed E-state index contributed by atoms with van der Waals surface area (Å²) in [6.07, 6.45) is 1.77. The summed E-state index contributed by atoms with van der Waals surface area (Å²) in [4.78, 5) is 3.99. The molecule has 1 rings (SSSR count). The number of hydrogen-bond donors (Lipinski definition) is 1. The molecule has 0 fully saturated rings. The highest BCUT2D eigenvalue weighted by atomic mass is 16.3. The van der Waals surface area contributed by atoms with Gasteiger partial charge in [0.1, 0.15) is 5.75 Å². The van der Waals surface area contributed by atoms with Crippen LogP contribution in [0.4, 0.5) is 0 Å². The minimum atomic E-state index is 0.319. The highest BCUT2D eigenvalue weighted by molar-refractivity contribution is 5.38. The van der Waals surface area contributed by atoms with Gasteiger partial charge in [-0.15, -0.1) is 0 Å². The van der Waals surface area contributed by atoms with Crippen molar-refractivity contribution in [1.29, 1.82) is 0 Å². The molecule has 0 aliphatic heterocycles. The second-order valence-electron chi connectivity index (χ2n) is 2.50. The quantitative estimate of drug-likeness (QED) is 0.590. The molecule has 0 aromatic carbocycles. The summed E-state index contributed by atoms with van der Waals surface area (Å²) in [6.45, 7) is 5.61. The fraction of sp³-hybridized carbons (Fsp3) is 0.375. The van der Waals surface area contributed by atoms with Gasteiger partial charge in [0, 0.05) is 6.20 Å². The average Bonchev–Trinajstić information content (AvgIpc) is 1.93. The number of pyridine rings is 1. The predicted octanol–water partition coefficient (Wildman–Crippen LogP) is 1.71. The summed E-state index contributed by atoms with van der Waals surface area (Å²) >= 11 is 0. The van der Waals surface area contributed by atoms with Crippen LogP contribution >= 0.6 is 0 Å². The molecule has 1 heterocycles. The van der Waals surface area contributed by atoms with Crippen LogP contribution in [-0.2, 0) is 0 Å². The van der Waals surface area contributed by atoms with Gasteiger partial charge in [-0.1, -0.05) is 0 Å². The highest BCUT2D eigenvalue weighted by Crippen LogP contribution is 2.20. The fourth-order valence-corrected chi connectivity index (χ4v) is 0.810. The maximum Gasteiger partial charge on any atom is 0.139 e. The van der Waals surface area contributed by atoms with Gasteiger partial charge in [0.05, 0.1) is 5.69 Å². The summed E-state index contributed by atoms with van der Waals surface area (Å²) < 4.78 is 0. The van der Waals surface area contributed by atoms with Crippen LogP contribution in [-0.4, -0.2) is 10.1 Å². The summed E-state index contributed by atoms with van der Waals surface area (Å²) in [5.41, 5.74) is 2.65. The van der Waals surface area contributed by atoms with E-state index in [1.54, 1.807) is 13.1 Å². The first-order valence-corrected chi connectivity index (χ1v) is 3.24. The van der Waals surface area contributed by atoms with Crippen molar-refractivity contribution in [3.8, 4) is 5.75 Å². The van der Waals surface area contributed by atoms with E-state index in [0.717, 1.165) is 11.1 Å². The van der Waals surface area contributed by atoms with Crippen molar-refractivity contribution >= 4 is 0 Å². The Bertz CT molecular complexity index is 229. The molecule has 0 aliphatic carbocycles. The van der Waals surface area contributed by atoms with Crippen LogP contribution in [0.1, 0.15) is 16.8 Å². The molecular formula is C8H11NO. The molecule has 1 aromatic rings. The first-order valence-electron chi connectivity index (χ1n) is 3.24. The van der Waals surface area contributed by atoms with Crippen LogP contribution in [0.25, 0.3) is 0 Å². The highest BCUT2D eigenvalue weighted by Gasteiger charge is 2.02. The van der Waals surface area contributed by atoms with Gasteiger partial charge in [0.25, 0.3) is 0 Å². The van der Waals surface area contributed by atoms with Crippen molar-refractivity contribution in [1.82, 2.24) is 4.98 Å². The molecule has 0 atom stereocenters. The van der Waals surface area contributed by atoms with E-state index in [2.05, 4.69) is 4.98 Å². The topological polar surface area (TPSA) is 33.1 Å². The molecule has 0 radical (unpaired) electrons. The Kier molecular flexibility index (Phi) is 1.62. The second kappa shape index (κ2) is 2.29. The van der Waals surface area contributed by atoms with E-state index in [4.69, 9.17) is 0 Å². The third kappa shape index (κ3) is 0.967. The lowest BCUT2D eigenvalue weighted by atomic mass is 10.1. The summed E-state index contributed by atoms with van der Waals surface area (Å²) in [6, 6.07) is 0. The first-order chi connectivity index (χ1) is 4.63. The zero-order valence-electron chi connectivity index (χ0n) is 6.47. The lowest BCUT2D eigenvalue weighted by molar-refractivity contribution is 0.462. The minimum absolute atomic E-state index is 0.319. The van der Waals surface area contributed by atoms with E-state index in [-0.39, 0.29) is 0 Å². The molecule has 54 valence electrons. The molecule has 2 heteroatoms. The zero-order valence-corrected chi connectivity index (χ0v) is 6.47. The van der Waals surface area contributed by atoms with E-state index in [9.17, 15) is 5.11 Å². The van der Waals surface area contributed by atoms with E-state index in [1.807, 2.05) is 13.8 Å². The van der Waals surface area contributed by atoms with E-state index in [0.29, 0.717) is 11.4 Å². The predicted molar refractivity (Wildman–Crippen MR) is 40.1 cm³/mol. The number of nitrogens with zero attached hydrogens (tertiary/aromatic N) is 1. The van der Waals surface area contributed by atoms with Crippen LogP contribution in [0.2, 0.25) is 0 Å². The van der Waals surface area contributed by atoms with E-state index >= 15 is 0 Å². The molecular weight excluding hydrogens is 126 g/mol. The summed E-state index contributed by atoms with van der Waals surface area (Å²) in [7, 11) is 0. The zero-order chi connectivity index (χ0) is 7.72. The molecule has 0 amide bonds. The average molecular weight is 137 g/mol. The molecule has 0 saturated carbocycles. The number of rotatable bonds is 0. The molecule has 0 unspecified atom stereocenters. The molecule has 0 spiro atoms. The van der Waals surface area contributed by atoms with Gasteiger partial charge in [-0.05, 0) is 31.9 Å². The molecule has 1 N–H and O–H groups in total. The fourth-order valence-electron chi connectivity index (χ4n) is 0.810. The maximum atomic E-state index is 9.32. The SMILES string of the molecule is Cc1cnc(C)c(O)c1C. The summed E-state index contributed by atoms with van der Waals surface area (Å²) in [5.74, 6) is 0.319. The third-order valence-electron chi connectivity index (χ3n) is 1.74. The van der Waals surface area contributed by atoms with Gasteiger partial charge in [-0.2, -0.15) is 0 Å². The Balaban J connectivity index is 3.34. The Morgan fingerprint density at radius 3 is 2.40 bits per heavy atom. The smallest absolute Gasteiger partial charge is 0.139 e. The number of aromatic hydroxyl groups is 1. The lowest BCUT2D eigenvalue weighted by Gasteiger charge is -2.03. The molecule has 0 aliphatic rings. The van der Waals surface area contributed by atoms with Crippen molar-refractivity contribution in [3.63, 3.8) is 0 Å². The van der Waals surface area contributed by atoms with E-state index in [1.165, 1.54) is 0 Å². The van der Waals surface area contributed by atoms with Gasteiger partial charge in [-0.25, -0.2) is 0 Å². The van der Waals surface area contributed by atoms with Gasteiger partial charge in [0.15, 0.2) is 0 Å². The maximum absolute atomic E-state index is 9.32. The number of aromatic nitrogens is 1. The Morgan fingerprint density at radius 1 is 1.30 bits per heavy atom. The number of hydrogen-bond acceptors (Lipinski definition) is 2. The van der Waals surface area contributed by atoms with Gasteiger partial charge >= 0.3 is 0 Å². The van der Waals surface area contributed by atoms with Crippen LogP contribution in [0.15, 0.2) is 6.20 Å². The number of aryl methyl sites for hydroxylation is 2.